The Bertz CT molecular complexity index is 1350. The lowest BCUT2D eigenvalue weighted by molar-refractivity contribution is -0.140. The minimum Gasteiger partial charge on any atom is -0.479 e. The third kappa shape index (κ3) is 6.75. The summed E-state index contributed by atoms with van der Waals surface area (Å²) in [6.45, 7) is -0.137. The van der Waals surface area contributed by atoms with Gasteiger partial charge in [0.25, 0.3) is 5.91 Å². The Morgan fingerprint density at radius 1 is 0.947 bits per heavy atom. The van der Waals surface area contributed by atoms with Gasteiger partial charge in [0, 0.05) is 23.5 Å². The van der Waals surface area contributed by atoms with Crippen LogP contribution in [0.15, 0.2) is 48.5 Å². The molecule has 2 aromatic carbocycles. The number of carboxylic acids is 2. The first-order valence-corrected chi connectivity index (χ1v) is 12.7. The van der Waals surface area contributed by atoms with Crippen LogP contribution in [-0.2, 0) is 29.0 Å². The summed E-state index contributed by atoms with van der Waals surface area (Å²) >= 11 is 1.45. The van der Waals surface area contributed by atoms with Crippen molar-refractivity contribution in [2.24, 2.45) is 0 Å². The molecular weight excluding hydrogens is 512 g/mol. The van der Waals surface area contributed by atoms with E-state index in [2.05, 4.69) is 10.6 Å². The molecule has 3 aromatic rings. The number of thiophene rings is 1. The number of nitrogens with one attached hydrogen (secondary N) is 2. The molecule has 0 saturated heterocycles. The maximum atomic E-state index is 13.2. The lowest BCUT2D eigenvalue weighted by Crippen LogP contribution is -2.30. The largest absolute Gasteiger partial charge is 0.479 e. The van der Waals surface area contributed by atoms with E-state index in [9.17, 15) is 19.2 Å². The number of ketones is 1. The van der Waals surface area contributed by atoms with Crippen molar-refractivity contribution in [2.45, 2.75) is 19.4 Å². The van der Waals surface area contributed by atoms with Crippen LogP contribution in [0.25, 0.3) is 0 Å². The van der Waals surface area contributed by atoms with Crippen molar-refractivity contribution in [1.82, 2.24) is 10.6 Å². The van der Waals surface area contributed by atoms with Crippen molar-refractivity contribution >= 4 is 35.0 Å². The Hall–Kier alpha value is -4.22. The average molecular weight is 539 g/mol. The molecule has 0 spiro atoms. The minimum atomic E-state index is -1.25. The molecule has 0 unspecified atom stereocenters. The van der Waals surface area contributed by atoms with Crippen LogP contribution in [0.3, 0.4) is 0 Å². The van der Waals surface area contributed by atoms with Gasteiger partial charge in [0.05, 0.1) is 11.4 Å². The molecule has 0 saturated carbocycles. The van der Waals surface area contributed by atoms with Gasteiger partial charge in [-0.05, 0) is 47.7 Å². The third-order valence-corrected chi connectivity index (χ3v) is 7.17. The summed E-state index contributed by atoms with van der Waals surface area (Å²) in [7, 11) is 0. The summed E-state index contributed by atoms with van der Waals surface area (Å²) in [5, 5.41) is 23.8. The van der Waals surface area contributed by atoms with Crippen LogP contribution in [0.4, 0.5) is 0 Å². The molecule has 0 aliphatic carbocycles. The van der Waals surface area contributed by atoms with E-state index >= 15 is 0 Å². The second-order valence-corrected chi connectivity index (χ2v) is 9.64. The molecule has 11 heteroatoms. The minimum absolute atomic E-state index is 0.0161. The fraction of sp³-hybridized carbons (Fsp3) is 0.259. The lowest BCUT2D eigenvalue weighted by atomic mass is 9.97. The fourth-order valence-electron chi connectivity index (χ4n) is 4.08. The van der Waals surface area contributed by atoms with Crippen LogP contribution < -0.4 is 20.1 Å². The molecule has 2 heterocycles. The molecule has 1 aromatic heterocycles. The van der Waals surface area contributed by atoms with Gasteiger partial charge in [-0.2, -0.15) is 0 Å². The number of benzene rings is 2. The molecule has 198 valence electrons. The number of Topliss-reactive ketones (excluding diaryl/α,β-unsaturated/α-hetero) is 1. The van der Waals surface area contributed by atoms with Crippen molar-refractivity contribution in [2.75, 3.05) is 26.3 Å². The van der Waals surface area contributed by atoms with Gasteiger partial charge in [-0.15, -0.1) is 11.3 Å². The summed E-state index contributed by atoms with van der Waals surface area (Å²) in [5.41, 5.74) is 3.33. The van der Waals surface area contributed by atoms with Crippen LogP contribution in [0, 0.1) is 0 Å². The van der Waals surface area contributed by atoms with Gasteiger partial charge in [-0.1, -0.05) is 30.3 Å². The van der Waals surface area contributed by atoms with Gasteiger partial charge in [-0.3, -0.25) is 9.59 Å². The monoisotopic (exact) mass is 538 g/mol. The molecule has 0 atom stereocenters. The van der Waals surface area contributed by atoms with Gasteiger partial charge < -0.3 is 30.3 Å². The normalized spacial score (nSPS) is 12.3. The van der Waals surface area contributed by atoms with Crippen molar-refractivity contribution < 1.29 is 38.9 Å². The summed E-state index contributed by atoms with van der Waals surface area (Å²) in [5.74, 6) is -3.36. The van der Waals surface area contributed by atoms with Crippen molar-refractivity contribution in [3.8, 4) is 11.5 Å². The van der Waals surface area contributed by atoms with E-state index in [1.807, 2.05) is 30.3 Å². The zero-order valence-electron chi connectivity index (χ0n) is 20.3. The first-order chi connectivity index (χ1) is 18.3. The molecule has 1 aliphatic heterocycles. The highest BCUT2D eigenvalue weighted by Gasteiger charge is 2.25. The molecule has 0 bridgehead atoms. The lowest BCUT2D eigenvalue weighted by Gasteiger charge is -2.15. The highest BCUT2D eigenvalue weighted by atomic mass is 32.1. The van der Waals surface area contributed by atoms with E-state index < -0.39 is 30.9 Å². The van der Waals surface area contributed by atoms with Crippen molar-refractivity contribution in [1.29, 1.82) is 0 Å². The van der Waals surface area contributed by atoms with Gasteiger partial charge in [0.1, 0.15) is 0 Å². The number of rotatable bonds is 12. The summed E-state index contributed by atoms with van der Waals surface area (Å²) < 4.78 is 10.3. The van der Waals surface area contributed by atoms with E-state index in [4.69, 9.17) is 19.7 Å². The summed E-state index contributed by atoms with van der Waals surface area (Å²) in [6.07, 6.45) is 1.44. The molecule has 4 N–H and O–H groups in total. The number of hydrogen-bond donors (Lipinski definition) is 4. The van der Waals surface area contributed by atoms with Gasteiger partial charge in [0.15, 0.2) is 30.5 Å². The quantitative estimate of drug-likeness (QED) is 0.255. The van der Waals surface area contributed by atoms with Crippen LogP contribution in [0.1, 0.15) is 41.6 Å². The molecule has 0 fully saturated rings. The van der Waals surface area contributed by atoms with E-state index in [0.717, 1.165) is 29.7 Å². The standard InChI is InChI=1S/C27H26N2O8S/c30-20(17-6-7-21(36-14-24(31)32)22(11-17)37-15-25(33)34)13-29-27(35)26-18(10-16-4-2-1-3-5-16)19-12-28-9-8-23(19)38-26/h1-7,11,28H,8-10,12-15H2,(H,29,35)(H,31,32)(H,33,34). The molecule has 10 nitrogen and oxygen atoms in total. The predicted molar refractivity (Wildman–Crippen MR) is 138 cm³/mol. The first kappa shape index (κ1) is 26.8. The maximum absolute atomic E-state index is 13.2. The topological polar surface area (TPSA) is 151 Å². The Morgan fingerprint density at radius 2 is 1.66 bits per heavy atom. The molecule has 38 heavy (non-hydrogen) atoms. The van der Waals surface area contributed by atoms with Crippen molar-refractivity contribution in [3.63, 3.8) is 0 Å². The van der Waals surface area contributed by atoms with E-state index in [0.29, 0.717) is 17.8 Å². The van der Waals surface area contributed by atoms with E-state index in [-0.39, 0.29) is 29.5 Å². The Kier molecular flexibility index (Phi) is 8.72. The number of carbonyl (C=O) groups is 4. The first-order valence-electron chi connectivity index (χ1n) is 11.8. The van der Waals surface area contributed by atoms with Gasteiger partial charge >= 0.3 is 11.9 Å². The predicted octanol–water partition coefficient (Wildman–Crippen LogP) is 2.52. The number of carboxylic acid groups (broad SMARTS) is 2. The summed E-state index contributed by atoms with van der Waals surface area (Å²) in [6, 6.07) is 13.9. The number of fused-ring (bicyclic) bond motifs is 1. The smallest absolute Gasteiger partial charge is 0.341 e. The number of amides is 1. The Morgan fingerprint density at radius 3 is 2.37 bits per heavy atom. The number of ether oxygens (including phenoxy) is 2. The number of hydrogen-bond acceptors (Lipinski definition) is 8. The molecule has 1 amide bonds. The average Bonchev–Trinajstić information content (AvgIpc) is 3.28. The maximum Gasteiger partial charge on any atom is 0.341 e. The number of carbonyl (C=O) groups excluding carboxylic acids is 2. The third-order valence-electron chi connectivity index (χ3n) is 5.84. The summed E-state index contributed by atoms with van der Waals surface area (Å²) in [4.78, 5) is 49.6. The zero-order chi connectivity index (χ0) is 27.1. The van der Waals surface area contributed by atoms with Gasteiger partial charge in [0.2, 0.25) is 0 Å². The Balaban J connectivity index is 1.49. The van der Waals surface area contributed by atoms with E-state index in [1.165, 1.54) is 34.4 Å². The fourth-order valence-corrected chi connectivity index (χ4v) is 5.33. The molecule has 0 radical (unpaired) electrons. The molecule has 4 rings (SSSR count). The van der Waals surface area contributed by atoms with Crippen LogP contribution in [0.2, 0.25) is 0 Å². The van der Waals surface area contributed by atoms with Crippen molar-refractivity contribution in [3.05, 3.63) is 80.5 Å². The molecular formula is C27H26N2O8S. The SMILES string of the molecule is O=C(O)COc1ccc(C(=O)CNC(=O)c2sc3c(c2Cc2ccccc2)CNCC3)cc1OCC(=O)O. The van der Waals surface area contributed by atoms with E-state index in [1.54, 1.807) is 0 Å². The molecule has 1 aliphatic rings. The zero-order valence-corrected chi connectivity index (χ0v) is 21.1. The van der Waals surface area contributed by atoms with Crippen LogP contribution in [-0.4, -0.2) is 60.1 Å². The Labute approximate surface area is 222 Å². The number of aliphatic carboxylic acids is 2. The van der Waals surface area contributed by atoms with Crippen LogP contribution >= 0.6 is 11.3 Å². The second-order valence-electron chi connectivity index (χ2n) is 8.53. The highest BCUT2D eigenvalue weighted by molar-refractivity contribution is 7.14. The van der Waals surface area contributed by atoms with Gasteiger partial charge in [-0.25, -0.2) is 9.59 Å². The second kappa shape index (κ2) is 12.3. The van der Waals surface area contributed by atoms with Crippen LogP contribution in [0.5, 0.6) is 11.5 Å². The highest BCUT2D eigenvalue weighted by Crippen LogP contribution is 2.33.